The van der Waals surface area contributed by atoms with Crippen molar-refractivity contribution in [1.82, 2.24) is 14.5 Å². The Balaban J connectivity index is 1.50. The number of hydrogen-bond donors (Lipinski definition) is 1. The highest BCUT2D eigenvalue weighted by atomic mass is 32.2. The van der Waals surface area contributed by atoms with Gasteiger partial charge in [-0.2, -0.15) is 4.72 Å². The van der Waals surface area contributed by atoms with Crippen molar-refractivity contribution in [3.8, 4) is 0 Å². The number of hydrogen-bond acceptors (Lipinski definition) is 4. The van der Waals surface area contributed by atoms with Gasteiger partial charge in [0.15, 0.2) is 0 Å². The molecule has 162 valence electrons. The molecule has 3 rings (SSSR count). The lowest BCUT2D eigenvalue weighted by Gasteiger charge is -2.35. The largest absolute Gasteiger partial charge is 0.341 e. The molecule has 2 aliphatic heterocycles. The topological polar surface area (TPSA) is 69.7 Å². The first-order valence-electron chi connectivity index (χ1n) is 10.6. The summed E-state index contributed by atoms with van der Waals surface area (Å²) in [5.41, 5.74) is 0. The van der Waals surface area contributed by atoms with Gasteiger partial charge in [-0.25, -0.2) is 12.8 Å². The molecular formula is C21H32FN3O3S. The summed E-state index contributed by atoms with van der Waals surface area (Å²) in [5.74, 6) is -0.491. The van der Waals surface area contributed by atoms with Crippen LogP contribution in [0.3, 0.4) is 0 Å². The molecule has 1 amide bonds. The number of sulfonamides is 1. The number of halogens is 1. The van der Waals surface area contributed by atoms with Gasteiger partial charge in [0.1, 0.15) is 10.7 Å². The summed E-state index contributed by atoms with van der Waals surface area (Å²) < 4.78 is 41.0. The monoisotopic (exact) mass is 425 g/mol. The van der Waals surface area contributed by atoms with Crippen molar-refractivity contribution in [3.05, 3.63) is 30.1 Å². The highest BCUT2D eigenvalue weighted by Crippen LogP contribution is 2.21. The summed E-state index contributed by atoms with van der Waals surface area (Å²) in [5, 5.41) is 0. The van der Waals surface area contributed by atoms with Gasteiger partial charge in [0.05, 0.1) is 6.04 Å². The predicted octanol–water partition coefficient (Wildman–Crippen LogP) is 2.61. The predicted molar refractivity (Wildman–Crippen MR) is 110 cm³/mol. The molecule has 0 bridgehead atoms. The Kier molecular flexibility index (Phi) is 7.65. The van der Waals surface area contributed by atoms with Crippen molar-refractivity contribution in [2.24, 2.45) is 5.92 Å². The summed E-state index contributed by atoms with van der Waals surface area (Å²) in [6.07, 6.45) is 7.08. The van der Waals surface area contributed by atoms with Gasteiger partial charge in [0, 0.05) is 19.6 Å². The van der Waals surface area contributed by atoms with Gasteiger partial charge < -0.3 is 9.80 Å². The standard InChI is InChI=1S/C21H32FN3O3S/c1-17(23-29(27,28)20-9-5-4-8-19(20)22)21(26)25-14-10-18(11-15-25)16-24-12-6-2-3-7-13-24/h4-5,8-9,17-18,23H,2-3,6-7,10-16H2,1H3/t17-/m0/s1. The van der Waals surface area contributed by atoms with Crippen LogP contribution >= 0.6 is 0 Å². The van der Waals surface area contributed by atoms with Crippen molar-refractivity contribution in [2.75, 3.05) is 32.7 Å². The Morgan fingerprint density at radius 2 is 1.72 bits per heavy atom. The number of nitrogens with one attached hydrogen (secondary N) is 1. The Bertz CT molecular complexity index is 786. The molecule has 0 radical (unpaired) electrons. The Morgan fingerprint density at radius 3 is 2.34 bits per heavy atom. The average molecular weight is 426 g/mol. The van der Waals surface area contributed by atoms with Gasteiger partial charge in [-0.1, -0.05) is 25.0 Å². The Morgan fingerprint density at radius 1 is 1.10 bits per heavy atom. The minimum Gasteiger partial charge on any atom is -0.341 e. The van der Waals surface area contributed by atoms with E-state index in [-0.39, 0.29) is 5.91 Å². The summed E-state index contributed by atoms with van der Waals surface area (Å²) >= 11 is 0. The van der Waals surface area contributed by atoms with E-state index in [1.165, 1.54) is 63.9 Å². The number of piperidine rings is 1. The van der Waals surface area contributed by atoms with Gasteiger partial charge in [0.2, 0.25) is 15.9 Å². The van der Waals surface area contributed by atoms with E-state index in [0.717, 1.165) is 25.5 Å². The fraction of sp³-hybridized carbons (Fsp3) is 0.667. The smallest absolute Gasteiger partial charge is 0.244 e. The second-order valence-electron chi connectivity index (χ2n) is 8.26. The molecule has 0 aliphatic carbocycles. The maximum absolute atomic E-state index is 13.8. The number of benzene rings is 1. The molecule has 0 saturated carbocycles. The van der Waals surface area contributed by atoms with Crippen LogP contribution in [-0.4, -0.2) is 62.9 Å². The molecule has 1 aromatic carbocycles. The summed E-state index contributed by atoms with van der Waals surface area (Å²) in [7, 11) is -4.09. The molecule has 8 heteroatoms. The molecule has 6 nitrogen and oxygen atoms in total. The van der Waals surface area contributed by atoms with Gasteiger partial charge in [-0.05, 0) is 63.7 Å². The normalized spacial score (nSPS) is 21.0. The number of nitrogens with zero attached hydrogens (tertiary/aromatic N) is 2. The highest BCUT2D eigenvalue weighted by molar-refractivity contribution is 7.89. The quantitative estimate of drug-likeness (QED) is 0.761. The van der Waals surface area contributed by atoms with Gasteiger partial charge in [0.25, 0.3) is 0 Å². The average Bonchev–Trinajstić information content (AvgIpc) is 2.96. The minimum absolute atomic E-state index is 0.252. The van der Waals surface area contributed by atoms with E-state index in [4.69, 9.17) is 0 Å². The lowest BCUT2D eigenvalue weighted by Crippen LogP contribution is -2.50. The number of carbonyl (C=O) groups excluding carboxylic acids is 1. The summed E-state index contributed by atoms with van der Waals surface area (Å²) in [6, 6.07) is 4.25. The van der Waals surface area contributed by atoms with Crippen LogP contribution in [0.5, 0.6) is 0 Å². The van der Waals surface area contributed by atoms with Crippen LogP contribution in [0, 0.1) is 11.7 Å². The van der Waals surface area contributed by atoms with Crippen molar-refractivity contribution < 1.29 is 17.6 Å². The zero-order chi connectivity index (χ0) is 20.9. The zero-order valence-corrected chi connectivity index (χ0v) is 18.0. The first kappa shape index (κ1) is 22.2. The van der Waals surface area contributed by atoms with E-state index in [1.54, 1.807) is 4.90 Å². The molecule has 1 atom stereocenters. The van der Waals surface area contributed by atoms with Gasteiger partial charge in [-0.3, -0.25) is 4.79 Å². The van der Waals surface area contributed by atoms with Crippen molar-refractivity contribution >= 4 is 15.9 Å². The van der Waals surface area contributed by atoms with Crippen molar-refractivity contribution in [2.45, 2.75) is 56.4 Å². The third-order valence-electron chi connectivity index (χ3n) is 5.97. The maximum atomic E-state index is 13.8. The second-order valence-corrected chi connectivity index (χ2v) is 9.94. The van der Waals surface area contributed by atoms with Crippen LogP contribution in [0.15, 0.2) is 29.2 Å². The van der Waals surface area contributed by atoms with E-state index >= 15 is 0 Å². The third kappa shape index (κ3) is 5.99. The van der Waals surface area contributed by atoms with Crippen LogP contribution in [0.4, 0.5) is 4.39 Å². The van der Waals surface area contributed by atoms with Crippen LogP contribution in [0.1, 0.15) is 45.4 Å². The maximum Gasteiger partial charge on any atom is 0.244 e. The number of rotatable bonds is 6. The molecule has 2 saturated heterocycles. The zero-order valence-electron chi connectivity index (χ0n) is 17.1. The molecule has 2 heterocycles. The molecule has 0 spiro atoms. The fourth-order valence-corrected chi connectivity index (χ4v) is 5.58. The molecular weight excluding hydrogens is 393 g/mol. The van der Waals surface area contributed by atoms with E-state index in [0.29, 0.717) is 19.0 Å². The van der Waals surface area contributed by atoms with Crippen LogP contribution in [0.2, 0.25) is 0 Å². The molecule has 0 unspecified atom stereocenters. The lowest BCUT2D eigenvalue weighted by molar-refractivity contribution is -0.134. The molecule has 0 aromatic heterocycles. The number of amides is 1. The Hall–Kier alpha value is -1.51. The van der Waals surface area contributed by atoms with Crippen molar-refractivity contribution in [3.63, 3.8) is 0 Å². The number of likely N-dealkylation sites (tertiary alicyclic amines) is 2. The van der Waals surface area contributed by atoms with Crippen LogP contribution < -0.4 is 4.72 Å². The van der Waals surface area contributed by atoms with Crippen LogP contribution in [0.25, 0.3) is 0 Å². The first-order valence-corrected chi connectivity index (χ1v) is 12.1. The summed E-state index contributed by atoms with van der Waals surface area (Å²) in [6.45, 7) is 6.25. The fourth-order valence-electron chi connectivity index (χ4n) is 4.30. The lowest BCUT2D eigenvalue weighted by atomic mass is 9.95. The molecule has 1 aromatic rings. The van der Waals surface area contributed by atoms with E-state index in [1.807, 2.05) is 0 Å². The SMILES string of the molecule is C[C@H](NS(=O)(=O)c1ccccc1F)C(=O)N1CCC(CN2CCCCCC2)CC1. The van der Waals surface area contributed by atoms with Gasteiger partial charge >= 0.3 is 0 Å². The number of carbonyl (C=O) groups is 1. The third-order valence-corrected chi connectivity index (χ3v) is 7.54. The molecule has 2 fully saturated rings. The van der Waals surface area contributed by atoms with E-state index < -0.39 is 26.8 Å². The van der Waals surface area contributed by atoms with Crippen LogP contribution in [-0.2, 0) is 14.8 Å². The molecule has 29 heavy (non-hydrogen) atoms. The molecule has 2 aliphatic rings. The second kappa shape index (κ2) is 10.00. The minimum atomic E-state index is -4.09. The molecule has 1 N–H and O–H groups in total. The summed E-state index contributed by atoms with van der Waals surface area (Å²) in [4.78, 5) is 16.6. The van der Waals surface area contributed by atoms with E-state index in [9.17, 15) is 17.6 Å². The van der Waals surface area contributed by atoms with Gasteiger partial charge in [-0.15, -0.1) is 0 Å². The van der Waals surface area contributed by atoms with Crippen molar-refractivity contribution in [1.29, 1.82) is 0 Å². The highest BCUT2D eigenvalue weighted by Gasteiger charge is 2.30. The van der Waals surface area contributed by atoms with E-state index in [2.05, 4.69) is 9.62 Å². The first-order chi connectivity index (χ1) is 13.9. The Labute approximate surface area is 173 Å².